The van der Waals surface area contributed by atoms with Crippen LogP contribution in [-0.2, 0) is 0 Å². The molecule has 0 radical (unpaired) electrons. The summed E-state index contributed by atoms with van der Waals surface area (Å²) in [5.74, 6) is 0.0628. The molecule has 0 fully saturated rings. The Bertz CT molecular complexity index is 903. The highest BCUT2D eigenvalue weighted by Crippen LogP contribution is 2.29. The van der Waals surface area contributed by atoms with E-state index in [9.17, 15) is 9.59 Å². The molecule has 0 atom stereocenters. The Morgan fingerprint density at radius 1 is 0.500 bits per heavy atom. The van der Waals surface area contributed by atoms with Gasteiger partial charge < -0.3 is 0 Å². The van der Waals surface area contributed by atoms with Gasteiger partial charge in [-0.15, -0.1) is 0 Å². The van der Waals surface area contributed by atoms with Gasteiger partial charge in [-0.1, -0.05) is 72.8 Å². The number of fused-ring (bicyclic) bond motifs is 2. The summed E-state index contributed by atoms with van der Waals surface area (Å²) in [6, 6.07) is 15.2. The first-order chi connectivity index (χ1) is 11.7. The molecular formula is C22H14O2. The molecule has 0 bridgehead atoms. The molecule has 2 aromatic rings. The summed E-state index contributed by atoms with van der Waals surface area (Å²) >= 11 is 0. The molecule has 0 saturated carbocycles. The van der Waals surface area contributed by atoms with E-state index in [-0.39, 0.29) is 11.6 Å². The lowest BCUT2D eigenvalue weighted by Gasteiger charge is -2.14. The van der Waals surface area contributed by atoms with Crippen molar-refractivity contribution in [2.24, 2.45) is 0 Å². The molecule has 114 valence electrons. The Morgan fingerprint density at radius 2 is 0.875 bits per heavy atom. The van der Waals surface area contributed by atoms with Crippen molar-refractivity contribution in [3.05, 3.63) is 107 Å². The molecule has 24 heavy (non-hydrogen) atoms. The Labute approximate surface area is 140 Å². The Kier molecular flexibility index (Phi) is 3.43. The highest BCUT2D eigenvalue weighted by molar-refractivity contribution is 6.13. The van der Waals surface area contributed by atoms with Crippen molar-refractivity contribution < 1.29 is 9.59 Å². The maximum atomic E-state index is 12.0. The van der Waals surface area contributed by atoms with Crippen LogP contribution in [0.1, 0.15) is 31.8 Å². The van der Waals surface area contributed by atoms with E-state index in [0.29, 0.717) is 0 Å². The van der Waals surface area contributed by atoms with Crippen LogP contribution in [0.25, 0.3) is 11.1 Å². The third kappa shape index (κ3) is 2.38. The fourth-order valence-corrected chi connectivity index (χ4v) is 3.06. The van der Waals surface area contributed by atoms with E-state index in [1.54, 1.807) is 12.2 Å². The molecule has 2 aliphatic carbocycles. The fourth-order valence-electron chi connectivity index (χ4n) is 3.06. The Morgan fingerprint density at radius 3 is 1.29 bits per heavy atom. The van der Waals surface area contributed by atoms with Gasteiger partial charge in [0.15, 0.2) is 11.6 Å². The van der Waals surface area contributed by atoms with Gasteiger partial charge in [-0.2, -0.15) is 0 Å². The number of ketones is 2. The lowest BCUT2D eigenvalue weighted by Crippen LogP contribution is -2.05. The highest BCUT2D eigenvalue weighted by atomic mass is 16.1. The molecule has 2 aliphatic rings. The van der Waals surface area contributed by atoms with Gasteiger partial charge in [0.2, 0.25) is 0 Å². The minimum atomic E-state index is 0.0314. The molecule has 0 unspecified atom stereocenters. The van der Waals surface area contributed by atoms with Crippen molar-refractivity contribution in [1.82, 2.24) is 0 Å². The summed E-state index contributed by atoms with van der Waals surface area (Å²) < 4.78 is 0. The van der Waals surface area contributed by atoms with Crippen LogP contribution in [-0.4, -0.2) is 11.6 Å². The van der Waals surface area contributed by atoms with Crippen LogP contribution in [0.3, 0.4) is 0 Å². The van der Waals surface area contributed by atoms with Gasteiger partial charge in [0.25, 0.3) is 0 Å². The van der Waals surface area contributed by atoms with Crippen molar-refractivity contribution in [2.45, 2.75) is 0 Å². The van der Waals surface area contributed by atoms with Gasteiger partial charge in [-0.05, 0) is 34.4 Å². The summed E-state index contributed by atoms with van der Waals surface area (Å²) in [5, 5.41) is 0. The van der Waals surface area contributed by atoms with Crippen LogP contribution >= 0.6 is 0 Å². The van der Waals surface area contributed by atoms with E-state index in [0.717, 1.165) is 33.4 Å². The third-order valence-corrected chi connectivity index (χ3v) is 4.28. The minimum absolute atomic E-state index is 0.0314. The van der Waals surface area contributed by atoms with Crippen LogP contribution in [0.4, 0.5) is 0 Å². The summed E-state index contributed by atoms with van der Waals surface area (Å²) in [6.07, 6.45) is 10.9. The predicted molar refractivity (Wildman–Crippen MR) is 95.8 cm³/mol. The van der Waals surface area contributed by atoms with Crippen molar-refractivity contribution in [2.75, 3.05) is 0 Å². The van der Waals surface area contributed by atoms with E-state index >= 15 is 0 Å². The zero-order valence-corrected chi connectivity index (χ0v) is 12.9. The third-order valence-electron chi connectivity index (χ3n) is 4.28. The highest BCUT2D eigenvalue weighted by Gasteiger charge is 2.16. The quantitative estimate of drug-likeness (QED) is 0.768. The number of benzene rings is 2. The molecule has 0 aromatic heterocycles. The Balaban J connectivity index is 1.79. The number of carbonyl (C=O) groups excluding carboxylic acids is 2. The number of carbonyl (C=O) groups is 2. The Hall–Kier alpha value is -3.26. The van der Waals surface area contributed by atoms with E-state index in [1.165, 1.54) is 0 Å². The average Bonchev–Trinajstić information content (AvgIpc) is 2.63. The summed E-state index contributed by atoms with van der Waals surface area (Å²) in [4.78, 5) is 23.9. The number of hydrogen-bond acceptors (Lipinski definition) is 2. The lowest BCUT2D eigenvalue weighted by atomic mass is 9.89. The van der Waals surface area contributed by atoms with Crippen LogP contribution in [0.2, 0.25) is 0 Å². The first kappa shape index (κ1) is 14.3. The maximum Gasteiger partial charge on any atom is 0.186 e. The summed E-state index contributed by atoms with van der Waals surface area (Å²) in [6.45, 7) is 0. The molecule has 2 heteroatoms. The zero-order valence-electron chi connectivity index (χ0n) is 12.9. The molecular weight excluding hydrogens is 296 g/mol. The lowest BCUT2D eigenvalue weighted by molar-refractivity contribution is 0.103. The second-order valence-corrected chi connectivity index (χ2v) is 5.73. The number of hydrogen-bond donors (Lipinski definition) is 0. The molecule has 0 heterocycles. The van der Waals surface area contributed by atoms with Crippen LogP contribution < -0.4 is 0 Å². The van der Waals surface area contributed by atoms with E-state index < -0.39 is 0 Å². The van der Waals surface area contributed by atoms with Crippen molar-refractivity contribution >= 4 is 22.7 Å². The second-order valence-electron chi connectivity index (χ2n) is 5.73. The molecule has 2 aromatic carbocycles. The maximum absolute atomic E-state index is 12.0. The smallest absolute Gasteiger partial charge is 0.186 e. The topological polar surface area (TPSA) is 34.1 Å². The summed E-state index contributed by atoms with van der Waals surface area (Å²) in [7, 11) is 0. The van der Waals surface area contributed by atoms with Gasteiger partial charge >= 0.3 is 0 Å². The SMILES string of the molecule is O=C1C=C/C(=C/C=C2/C=CC(=O)c3ccccc32)c2ccccc21. The molecule has 0 spiro atoms. The molecule has 2 nitrogen and oxygen atoms in total. The molecule has 0 amide bonds. The van der Waals surface area contributed by atoms with Crippen molar-refractivity contribution in [3.63, 3.8) is 0 Å². The van der Waals surface area contributed by atoms with E-state index in [1.807, 2.05) is 72.8 Å². The first-order valence-electron chi connectivity index (χ1n) is 7.79. The normalized spacial score (nSPS) is 18.8. The van der Waals surface area contributed by atoms with Crippen molar-refractivity contribution in [3.8, 4) is 0 Å². The van der Waals surface area contributed by atoms with Gasteiger partial charge in [0.05, 0.1) is 0 Å². The van der Waals surface area contributed by atoms with Crippen LogP contribution in [0.5, 0.6) is 0 Å². The van der Waals surface area contributed by atoms with Gasteiger partial charge in [0.1, 0.15) is 0 Å². The second kappa shape index (κ2) is 5.74. The molecule has 0 saturated heterocycles. The first-order valence-corrected chi connectivity index (χ1v) is 7.79. The van der Waals surface area contributed by atoms with E-state index in [4.69, 9.17) is 0 Å². The number of allylic oxidation sites excluding steroid dienone is 8. The number of rotatable bonds is 1. The van der Waals surface area contributed by atoms with E-state index in [2.05, 4.69) is 0 Å². The molecule has 0 N–H and O–H groups in total. The average molecular weight is 310 g/mol. The fraction of sp³-hybridized carbons (Fsp3) is 0. The minimum Gasteiger partial charge on any atom is -0.289 e. The monoisotopic (exact) mass is 310 g/mol. The van der Waals surface area contributed by atoms with Gasteiger partial charge in [0, 0.05) is 11.1 Å². The zero-order chi connectivity index (χ0) is 16.5. The largest absolute Gasteiger partial charge is 0.289 e. The van der Waals surface area contributed by atoms with Gasteiger partial charge in [-0.3, -0.25) is 9.59 Å². The standard InChI is InChI=1S/C22H14O2/c23-21-13-11-15(17-5-1-3-7-19(17)21)9-10-16-12-14-22(24)20-8-4-2-6-18(16)20/h1-14H/b15-9-,16-10-. The molecule has 0 aliphatic heterocycles. The van der Waals surface area contributed by atoms with Crippen molar-refractivity contribution in [1.29, 1.82) is 0 Å². The van der Waals surface area contributed by atoms with Crippen LogP contribution in [0.15, 0.2) is 85.0 Å². The summed E-state index contributed by atoms with van der Waals surface area (Å²) in [5.41, 5.74) is 5.29. The van der Waals surface area contributed by atoms with Gasteiger partial charge in [-0.25, -0.2) is 0 Å². The predicted octanol–water partition coefficient (Wildman–Crippen LogP) is 4.66. The molecule has 4 rings (SSSR count). The van der Waals surface area contributed by atoms with Crippen LogP contribution in [0, 0.1) is 0 Å².